The van der Waals surface area contributed by atoms with Crippen molar-refractivity contribution in [1.29, 1.82) is 0 Å². The summed E-state index contributed by atoms with van der Waals surface area (Å²) in [5, 5.41) is 24.9. The zero-order valence-electron chi connectivity index (χ0n) is 20.6. The molecule has 4 rings (SSSR count). The van der Waals surface area contributed by atoms with Crippen LogP contribution in [0.3, 0.4) is 0 Å². The fourth-order valence-corrected chi connectivity index (χ4v) is 5.57. The molecule has 0 unspecified atom stereocenters. The Morgan fingerprint density at radius 3 is 1.42 bits per heavy atom. The maximum absolute atomic E-state index is 13.3. The summed E-state index contributed by atoms with van der Waals surface area (Å²) in [5.74, 6) is -5.56. The van der Waals surface area contributed by atoms with Crippen LogP contribution in [-0.2, 0) is 0 Å². The fourth-order valence-electron chi connectivity index (χ4n) is 5.57. The van der Waals surface area contributed by atoms with E-state index in [9.17, 15) is 42.6 Å². The predicted molar refractivity (Wildman–Crippen MR) is 131 cm³/mol. The molecule has 2 aromatic rings. The molecule has 4 N–H and O–H groups in total. The second-order valence-corrected chi connectivity index (χ2v) is 10.1. The second kappa shape index (κ2) is 11.0. The first-order valence-corrected chi connectivity index (χ1v) is 12.7. The molecule has 0 aromatic heterocycles. The molecular weight excluding hydrogens is 505 g/mol. The largest absolute Gasteiger partial charge is 0.478 e. The van der Waals surface area contributed by atoms with Crippen LogP contribution in [0, 0.1) is 5.92 Å². The summed E-state index contributed by atoms with van der Waals surface area (Å²) in [6.45, 7) is 0. The summed E-state index contributed by atoms with van der Waals surface area (Å²) in [7, 11) is 0. The van der Waals surface area contributed by atoms with Gasteiger partial charge < -0.3 is 20.8 Å². The molecule has 0 heterocycles. The molecule has 0 aliphatic heterocycles. The third kappa shape index (κ3) is 5.76. The van der Waals surface area contributed by atoms with Gasteiger partial charge in [0, 0.05) is 34.0 Å². The number of nitrogens with one attached hydrogen (secondary N) is 2. The molecule has 2 fully saturated rings. The lowest BCUT2D eigenvalue weighted by Crippen LogP contribution is -2.40. The molecule has 0 bridgehead atoms. The van der Waals surface area contributed by atoms with Gasteiger partial charge in [-0.05, 0) is 62.8 Å². The van der Waals surface area contributed by atoms with E-state index in [0.717, 1.165) is 44.2 Å². The van der Waals surface area contributed by atoms with Crippen molar-refractivity contribution in [2.24, 2.45) is 5.92 Å². The molecule has 8 nitrogen and oxygen atoms in total. The minimum atomic E-state index is -4.30. The quantitative estimate of drug-likeness (QED) is 0.405. The van der Waals surface area contributed by atoms with Crippen molar-refractivity contribution in [3.63, 3.8) is 0 Å². The molecule has 2 aliphatic rings. The lowest BCUT2D eigenvalue weighted by molar-refractivity contribution is -0.182. The second-order valence-electron chi connectivity index (χ2n) is 10.1. The summed E-state index contributed by atoms with van der Waals surface area (Å²) in [6.07, 6.45) is 0.102. The molecule has 204 valence electrons. The number of hydrogen-bond donors (Lipinski definition) is 4. The number of alkyl halides is 3. The summed E-state index contributed by atoms with van der Waals surface area (Å²) in [4.78, 5) is 50.7. The zero-order chi connectivity index (χ0) is 27.6. The highest BCUT2D eigenvalue weighted by atomic mass is 19.4. The molecule has 2 aliphatic carbocycles. The lowest BCUT2D eigenvalue weighted by Gasteiger charge is -2.30. The number of carboxylic acids is 2. The number of rotatable bonds is 6. The maximum Gasteiger partial charge on any atom is 0.391 e. The minimum Gasteiger partial charge on any atom is -0.478 e. The zero-order valence-corrected chi connectivity index (χ0v) is 20.6. The van der Waals surface area contributed by atoms with Crippen LogP contribution in [0.1, 0.15) is 99.2 Å². The Morgan fingerprint density at radius 2 is 1.03 bits per heavy atom. The standard InChI is InChI=1S/C27H29F3N2O6/c28-27(29,30)14-6-8-16(9-7-14)32-24(34)18-11-10-17(23(33)31-15-4-2-1-3-5-15)21-19(25(35)36)12-13-20(22(18)21)26(37)38/h10-16H,1-9H2,(H,31,33)(H,32,34)(H,35,36)(H,37,38)/t14-,16-. The van der Waals surface area contributed by atoms with Gasteiger partial charge in [-0.2, -0.15) is 13.2 Å². The SMILES string of the molecule is O=C(O)c1ccc(C(=O)O)c2c(C(=O)N[C@H]3CC[C@H](C(F)(F)F)CC3)ccc(C(=O)NC3CCCCC3)c12. The molecule has 2 aromatic carbocycles. The number of carbonyl (C=O) groups excluding carboxylic acids is 2. The van der Waals surface area contributed by atoms with E-state index < -0.39 is 41.9 Å². The van der Waals surface area contributed by atoms with Crippen molar-refractivity contribution in [2.45, 2.75) is 76.0 Å². The van der Waals surface area contributed by atoms with Crippen LogP contribution in [-0.4, -0.2) is 52.2 Å². The van der Waals surface area contributed by atoms with Crippen molar-refractivity contribution in [3.05, 3.63) is 46.5 Å². The number of hydrogen-bond acceptors (Lipinski definition) is 4. The van der Waals surface area contributed by atoms with Crippen molar-refractivity contribution in [1.82, 2.24) is 10.6 Å². The van der Waals surface area contributed by atoms with E-state index >= 15 is 0 Å². The normalized spacial score (nSPS) is 20.6. The van der Waals surface area contributed by atoms with Crippen LogP contribution in [0.25, 0.3) is 10.8 Å². The van der Waals surface area contributed by atoms with Gasteiger partial charge in [0.25, 0.3) is 11.8 Å². The van der Waals surface area contributed by atoms with E-state index in [1.165, 1.54) is 12.1 Å². The average molecular weight is 535 g/mol. The molecule has 0 spiro atoms. The topological polar surface area (TPSA) is 133 Å². The van der Waals surface area contributed by atoms with Gasteiger partial charge in [0.2, 0.25) is 0 Å². The molecule has 0 radical (unpaired) electrons. The lowest BCUT2D eigenvalue weighted by atomic mass is 9.85. The van der Waals surface area contributed by atoms with E-state index in [1.807, 2.05) is 0 Å². The van der Waals surface area contributed by atoms with E-state index in [-0.39, 0.29) is 64.8 Å². The molecule has 2 saturated carbocycles. The molecular formula is C27H29F3N2O6. The highest BCUT2D eigenvalue weighted by Gasteiger charge is 2.41. The molecule has 11 heteroatoms. The van der Waals surface area contributed by atoms with Crippen molar-refractivity contribution >= 4 is 34.5 Å². The van der Waals surface area contributed by atoms with Crippen molar-refractivity contribution < 1.29 is 42.6 Å². The van der Waals surface area contributed by atoms with Gasteiger partial charge in [-0.15, -0.1) is 0 Å². The van der Waals surface area contributed by atoms with Gasteiger partial charge >= 0.3 is 18.1 Å². The molecule has 2 amide bonds. The molecule has 0 atom stereocenters. The van der Waals surface area contributed by atoms with Crippen molar-refractivity contribution in [2.75, 3.05) is 0 Å². The Hall–Kier alpha value is -3.63. The number of amides is 2. The van der Waals surface area contributed by atoms with Crippen LogP contribution in [0.15, 0.2) is 24.3 Å². The minimum absolute atomic E-state index is 0.0618. The Labute approximate surface area is 216 Å². The van der Waals surface area contributed by atoms with Crippen LogP contribution in [0.4, 0.5) is 13.2 Å². The Bertz CT molecular complexity index is 1260. The smallest absolute Gasteiger partial charge is 0.391 e. The number of fused-ring (bicyclic) bond motifs is 1. The van der Waals surface area contributed by atoms with Crippen LogP contribution in [0.5, 0.6) is 0 Å². The monoisotopic (exact) mass is 534 g/mol. The van der Waals surface area contributed by atoms with Crippen molar-refractivity contribution in [3.8, 4) is 0 Å². The highest BCUT2D eigenvalue weighted by Crippen LogP contribution is 2.38. The number of halogens is 3. The molecule has 0 saturated heterocycles. The third-order valence-electron chi connectivity index (χ3n) is 7.58. The van der Waals surface area contributed by atoms with Crippen LogP contribution >= 0.6 is 0 Å². The third-order valence-corrected chi connectivity index (χ3v) is 7.58. The first-order valence-electron chi connectivity index (χ1n) is 12.7. The Morgan fingerprint density at radius 1 is 0.632 bits per heavy atom. The van der Waals surface area contributed by atoms with E-state index in [1.54, 1.807) is 0 Å². The number of carboxylic acid groups (broad SMARTS) is 2. The first-order chi connectivity index (χ1) is 18.0. The Balaban J connectivity index is 1.73. The molecule has 38 heavy (non-hydrogen) atoms. The predicted octanol–water partition coefficient (Wildman–Crippen LogP) is 5.15. The van der Waals surface area contributed by atoms with Gasteiger partial charge in [-0.1, -0.05) is 19.3 Å². The number of benzene rings is 2. The summed E-state index contributed by atoms with van der Waals surface area (Å²) < 4.78 is 39.1. The fraction of sp³-hybridized carbons (Fsp3) is 0.481. The van der Waals surface area contributed by atoms with E-state index in [0.29, 0.717) is 0 Å². The highest BCUT2D eigenvalue weighted by molar-refractivity contribution is 6.23. The van der Waals surface area contributed by atoms with Gasteiger partial charge in [0.15, 0.2) is 0 Å². The van der Waals surface area contributed by atoms with E-state index in [2.05, 4.69) is 10.6 Å². The average Bonchev–Trinajstić information content (AvgIpc) is 2.87. The van der Waals surface area contributed by atoms with Gasteiger partial charge in [0.1, 0.15) is 0 Å². The summed E-state index contributed by atoms with van der Waals surface area (Å²) >= 11 is 0. The summed E-state index contributed by atoms with van der Waals surface area (Å²) in [5.41, 5.74) is -0.914. The van der Waals surface area contributed by atoms with Gasteiger partial charge in [-0.3, -0.25) is 9.59 Å². The van der Waals surface area contributed by atoms with E-state index in [4.69, 9.17) is 0 Å². The van der Waals surface area contributed by atoms with Crippen LogP contribution < -0.4 is 10.6 Å². The van der Waals surface area contributed by atoms with Crippen LogP contribution in [0.2, 0.25) is 0 Å². The number of carbonyl (C=O) groups is 4. The summed E-state index contributed by atoms with van der Waals surface area (Å²) in [6, 6.07) is 4.08. The Kier molecular flexibility index (Phi) is 7.94. The first kappa shape index (κ1) is 27.4. The van der Waals surface area contributed by atoms with Gasteiger partial charge in [-0.25, -0.2) is 9.59 Å². The van der Waals surface area contributed by atoms with Gasteiger partial charge in [0.05, 0.1) is 17.0 Å². The number of aromatic carboxylic acids is 2. The maximum atomic E-state index is 13.3.